The maximum atomic E-state index is 10.3. The van der Waals surface area contributed by atoms with E-state index in [0.717, 1.165) is 12.5 Å². The van der Waals surface area contributed by atoms with Gasteiger partial charge in [-0.2, -0.15) is 0 Å². The van der Waals surface area contributed by atoms with Crippen LogP contribution in [0.2, 0.25) is 0 Å². The maximum Gasteiger partial charge on any atom is 0.328 e. The molecule has 0 spiro atoms. The highest BCUT2D eigenvalue weighted by Gasteiger charge is 1.96. The topological polar surface area (TPSA) is 37.3 Å². The Morgan fingerprint density at radius 2 is 1.55 bits per heavy atom. The molecule has 2 heteroatoms. The highest BCUT2D eigenvalue weighted by atomic mass is 16.4. The van der Waals surface area contributed by atoms with Gasteiger partial charge in [-0.1, -0.05) is 72.8 Å². The minimum atomic E-state index is -0.929. The first kappa shape index (κ1) is 13.8. The molecule has 0 amide bonds. The molecule has 0 heterocycles. The first-order valence-electron chi connectivity index (χ1n) is 6.46. The molecule has 0 atom stereocenters. The Bertz CT molecular complexity index is 608. The zero-order valence-corrected chi connectivity index (χ0v) is 11.1. The summed E-state index contributed by atoms with van der Waals surface area (Å²) in [5.74, 6) is -0.929. The van der Waals surface area contributed by atoms with Crippen LogP contribution in [0.3, 0.4) is 0 Å². The maximum absolute atomic E-state index is 10.3. The average molecular weight is 264 g/mol. The van der Waals surface area contributed by atoms with Crippen LogP contribution in [0.1, 0.15) is 5.56 Å². The molecule has 0 saturated carbocycles. The van der Waals surface area contributed by atoms with Crippen LogP contribution in [0.15, 0.2) is 78.9 Å². The summed E-state index contributed by atoms with van der Waals surface area (Å²) < 4.78 is 0. The first-order valence-corrected chi connectivity index (χ1v) is 6.46. The lowest BCUT2D eigenvalue weighted by atomic mass is 10.0. The molecule has 0 saturated heterocycles. The van der Waals surface area contributed by atoms with Gasteiger partial charge in [0.15, 0.2) is 0 Å². The second-order valence-corrected chi connectivity index (χ2v) is 4.39. The quantitative estimate of drug-likeness (QED) is 0.652. The highest BCUT2D eigenvalue weighted by molar-refractivity contribution is 5.80. The van der Waals surface area contributed by atoms with Gasteiger partial charge in [0.25, 0.3) is 0 Å². The van der Waals surface area contributed by atoms with Gasteiger partial charge in [0.05, 0.1) is 0 Å². The van der Waals surface area contributed by atoms with Gasteiger partial charge in [-0.05, 0) is 23.1 Å². The lowest BCUT2D eigenvalue weighted by molar-refractivity contribution is -0.131. The van der Waals surface area contributed by atoms with Gasteiger partial charge in [0.1, 0.15) is 0 Å². The summed E-state index contributed by atoms with van der Waals surface area (Å²) in [5.41, 5.74) is 3.60. The molecule has 2 nitrogen and oxygen atoms in total. The van der Waals surface area contributed by atoms with Crippen molar-refractivity contribution in [2.75, 3.05) is 0 Å². The van der Waals surface area contributed by atoms with Crippen molar-refractivity contribution >= 4 is 5.97 Å². The lowest BCUT2D eigenvalue weighted by Crippen LogP contribution is -1.84. The SMILES string of the molecule is O=C(O)C=CC=CCc1ccc(-c2ccccc2)cc1. The van der Waals surface area contributed by atoms with Crippen LogP contribution in [0.5, 0.6) is 0 Å². The van der Waals surface area contributed by atoms with Gasteiger partial charge < -0.3 is 5.11 Å². The Morgan fingerprint density at radius 1 is 0.900 bits per heavy atom. The molecule has 100 valence electrons. The molecule has 0 aromatic heterocycles. The molecule has 2 aromatic rings. The third kappa shape index (κ3) is 4.25. The number of allylic oxidation sites excluding steroid dienone is 3. The molecule has 0 aliphatic rings. The Morgan fingerprint density at radius 3 is 2.20 bits per heavy atom. The summed E-state index contributed by atoms with van der Waals surface area (Å²) >= 11 is 0. The molecule has 1 N–H and O–H groups in total. The minimum Gasteiger partial charge on any atom is -0.478 e. The van der Waals surface area contributed by atoms with Crippen molar-refractivity contribution in [2.24, 2.45) is 0 Å². The largest absolute Gasteiger partial charge is 0.478 e. The molecular formula is C18H16O2. The second kappa shape index (κ2) is 7.10. The van der Waals surface area contributed by atoms with Crippen molar-refractivity contribution in [1.82, 2.24) is 0 Å². The Hall–Kier alpha value is -2.61. The number of hydrogen-bond acceptors (Lipinski definition) is 1. The average Bonchev–Trinajstić information content (AvgIpc) is 2.48. The normalized spacial score (nSPS) is 11.2. The van der Waals surface area contributed by atoms with Gasteiger partial charge in [0, 0.05) is 6.08 Å². The summed E-state index contributed by atoms with van der Waals surface area (Å²) in [6.45, 7) is 0. The van der Waals surface area contributed by atoms with Gasteiger partial charge >= 0.3 is 5.97 Å². The third-order valence-electron chi connectivity index (χ3n) is 2.90. The molecule has 0 unspecified atom stereocenters. The number of aliphatic carboxylic acids is 1. The van der Waals surface area contributed by atoms with E-state index >= 15 is 0 Å². The highest BCUT2D eigenvalue weighted by Crippen LogP contribution is 2.19. The fourth-order valence-corrected chi connectivity index (χ4v) is 1.88. The van der Waals surface area contributed by atoms with Crippen LogP contribution in [-0.2, 0) is 11.2 Å². The van der Waals surface area contributed by atoms with E-state index in [1.807, 2.05) is 24.3 Å². The van der Waals surface area contributed by atoms with Crippen molar-refractivity contribution in [3.05, 3.63) is 84.5 Å². The summed E-state index contributed by atoms with van der Waals surface area (Å²) in [4.78, 5) is 10.3. The van der Waals surface area contributed by atoms with Crippen molar-refractivity contribution in [3.63, 3.8) is 0 Å². The number of benzene rings is 2. The van der Waals surface area contributed by atoms with Crippen molar-refractivity contribution in [1.29, 1.82) is 0 Å². The molecule has 0 aliphatic carbocycles. The van der Waals surface area contributed by atoms with E-state index in [0.29, 0.717) is 0 Å². The molecule has 0 bridgehead atoms. The number of carboxylic acid groups (broad SMARTS) is 1. The third-order valence-corrected chi connectivity index (χ3v) is 2.90. The Kier molecular flexibility index (Phi) is 4.90. The van der Waals surface area contributed by atoms with E-state index in [-0.39, 0.29) is 0 Å². The van der Waals surface area contributed by atoms with Gasteiger partial charge in [-0.25, -0.2) is 4.79 Å². The lowest BCUT2D eigenvalue weighted by Gasteiger charge is -2.02. The van der Waals surface area contributed by atoms with Gasteiger partial charge in [-0.3, -0.25) is 0 Å². The zero-order valence-electron chi connectivity index (χ0n) is 11.1. The van der Waals surface area contributed by atoms with E-state index in [4.69, 9.17) is 5.11 Å². The smallest absolute Gasteiger partial charge is 0.328 e. The molecule has 0 fully saturated rings. The van der Waals surface area contributed by atoms with E-state index in [1.54, 1.807) is 6.08 Å². The van der Waals surface area contributed by atoms with Crippen LogP contribution in [0, 0.1) is 0 Å². The van der Waals surface area contributed by atoms with Crippen LogP contribution in [0.4, 0.5) is 0 Å². The van der Waals surface area contributed by atoms with Gasteiger partial charge in [0.2, 0.25) is 0 Å². The van der Waals surface area contributed by atoms with Crippen LogP contribution in [-0.4, -0.2) is 11.1 Å². The predicted octanol–water partition coefficient (Wildman–Crippen LogP) is 4.09. The van der Waals surface area contributed by atoms with E-state index in [9.17, 15) is 4.79 Å². The molecule has 2 aromatic carbocycles. The Balaban J connectivity index is 1.97. The monoisotopic (exact) mass is 264 g/mol. The van der Waals surface area contributed by atoms with Gasteiger partial charge in [-0.15, -0.1) is 0 Å². The summed E-state index contributed by atoms with van der Waals surface area (Å²) in [6.07, 6.45) is 7.13. The summed E-state index contributed by atoms with van der Waals surface area (Å²) in [7, 11) is 0. The minimum absolute atomic E-state index is 0.791. The standard InChI is InChI=1S/C18H16O2/c19-18(20)10-6-1-3-7-15-11-13-17(14-12-15)16-8-4-2-5-9-16/h1-6,8-14H,7H2,(H,19,20). The molecule has 20 heavy (non-hydrogen) atoms. The predicted molar refractivity (Wildman–Crippen MR) is 81.5 cm³/mol. The fraction of sp³-hybridized carbons (Fsp3) is 0.0556. The first-order chi connectivity index (χ1) is 9.75. The second-order valence-electron chi connectivity index (χ2n) is 4.39. The number of rotatable bonds is 5. The zero-order chi connectivity index (χ0) is 14.2. The molecular weight excluding hydrogens is 248 g/mol. The number of carboxylic acids is 1. The van der Waals surface area contributed by atoms with Crippen LogP contribution >= 0.6 is 0 Å². The molecule has 0 radical (unpaired) electrons. The van der Waals surface area contributed by atoms with E-state index in [2.05, 4.69) is 36.4 Å². The summed E-state index contributed by atoms with van der Waals surface area (Å²) in [5, 5.41) is 8.45. The van der Waals surface area contributed by atoms with Crippen LogP contribution < -0.4 is 0 Å². The van der Waals surface area contributed by atoms with E-state index < -0.39 is 5.97 Å². The van der Waals surface area contributed by atoms with Crippen molar-refractivity contribution in [3.8, 4) is 11.1 Å². The molecule has 0 aliphatic heterocycles. The Labute approximate surface area is 118 Å². The van der Waals surface area contributed by atoms with Crippen molar-refractivity contribution < 1.29 is 9.90 Å². The molecule has 2 rings (SSSR count). The fourth-order valence-electron chi connectivity index (χ4n) is 1.88. The van der Waals surface area contributed by atoms with Crippen LogP contribution in [0.25, 0.3) is 11.1 Å². The van der Waals surface area contributed by atoms with Crippen molar-refractivity contribution in [2.45, 2.75) is 6.42 Å². The number of carbonyl (C=O) groups is 1. The number of hydrogen-bond donors (Lipinski definition) is 1. The summed E-state index contributed by atoms with van der Waals surface area (Å²) in [6, 6.07) is 18.6. The van der Waals surface area contributed by atoms with E-state index in [1.165, 1.54) is 22.8 Å².